The van der Waals surface area contributed by atoms with Gasteiger partial charge in [0.2, 0.25) is 5.88 Å². The minimum atomic E-state index is 0.440. The van der Waals surface area contributed by atoms with E-state index < -0.39 is 0 Å². The minimum Gasteiger partial charge on any atom is -0.457 e. The van der Waals surface area contributed by atoms with E-state index in [0.717, 1.165) is 11.5 Å². The largest absolute Gasteiger partial charge is 0.457 e. The van der Waals surface area contributed by atoms with Crippen LogP contribution in [0.3, 0.4) is 0 Å². The number of aromatic nitrogens is 1. The van der Waals surface area contributed by atoms with Crippen molar-refractivity contribution < 1.29 is 9.47 Å². The van der Waals surface area contributed by atoms with Gasteiger partial charge < -0.3 is 9.47 Å². The summed E-state index contributed by atoms with van der Waals surface area (Å²) in [5, 5.41) is 8.73. The molecule has 106 valence electrons. The molecule has 0 N–H and O–H groups in total. The Kier molecular flexibility index (Phi) is 3.98. The van der Waals surface area contributed by atoms with E-state index >= 15 is 0 Å². The summed E-state index contributed by atoms with van der Waals surface area (Å²) in [5.41, 5.74) is 0.499. The van der Waals surface area contributed by atoms with Crippen LogP contribution in [0.5, 0.6) is 23.1 Å². The molecule has 4 heteroatoms. The molecule has 0 saturated carbocycles. The third-order valence-electron chi connectivity index (χ3n) is 2.89. The molecule has 0 atom stereocenters. The minimum absolute atomic E-state index is 0.440. The molecule has 0 amide bonds. The molecule has 0 unspecified atom stereocenters. The fraction of sp³-hybridized carbons (Fsp3) is 0. The number of pyridine rings is 1. The van der Waals surface area contributed by atoms with Crippen molar-refractivity contribution in [2.75, 3.05) is 0 Å². The van der Waals surface area contributed by atoms with Gasteiger partial charge in [0.15, 0.2) is 0 Å². The number of hydrogen-bond donors (Lipinski definition) is 0. The zero-order chi connectivity index (χ0) is 15.2. The molecular formula is C18H12N2O2. The Morgan fingerprint density at radius 1 is 0.727 bits per heavy atom. The average molecular weight is 288 g/mol. The van der Waals surface area contributed by atoms with Crippen LogP contribution in [0.1, 0.15) is 5.56 Å². The summed E-state index contributed by atoms with van der Waals surface area (Å²) in [4.78, 5) is 4.06. The van der Waals surface area contributed by atoms with Gasteiger partial charge in [-0.3, -0.25) is 0 Å². The summed E-state index contributed by atoms with van der Waals surface area (Å²) in [6, 6.07) is 22.2. The highest BCUT2D eigenvalue weighted by Gasteiger charge is 2.01. The number of benzene rings is 2. The highest BCUT2D eigenvalue weighted by molar-refractivity contribution is 5.37. The van der Waals surface area contributed by atoms with Crippen LogP contribution in [0.25, 0.3) is 0 Å². The predicted molar refractivity (Wildman–Crippen MR) is 82.0 cm³/mol. The third-order valence-corrected chi connectivity index (χ3v) is 2.89. The van der Waals surface area contributed by atoms with Gasteiger partial charge in [-0.15, -0.1) is 0 Å². The first-order chi connectivity index (χ1) is 10.8. The van der Waals surface area contributed by atoms with Crippen LogP contribution in [-0.4, -0.2) is 4.98 Å². The Labute approximate surface area is 128 Å². The highest BCUT2D eigenvalue weighted by Crippen LogP contribution is 2.25. The summed E-state index contributed by atoms with van der Waals surface area (Å²) in [6.45, 7) is 0. The molecule has 0 fully saturated rings. The van der Waals surface area contributed by atoms with Gasteiger partial charge in [0.25, 0.3) is 0 Å². The van der Waals surface area contributed by atoms with Crippen LogP contribution >= 0.6 is 0 Å². The molecule has 3 aromatic rings. The average Bonchev–Trinajstić information content (AvgIpc) is 2.58. The first kappa shape index (κ1) is 13.7. The number of rotatable bonds is 4. The van der Waals surface area contributed by atoms with Crippen molar-refractivity contribution >= 4 is 0 Å². The quantitative estimate of drug-likeness (QED) is 0.707. The molecule has 0 aliphatic heterocycles. The first-order valence-electron chi connectivity index (χ1n) is 6.70. The van der Waals surface area contributed by atoms with Crippen molar-refractivity contribution in [2.24, 2.45) is 0 Å². The van der Waals surface area contributed by atoms with Crippen LogP contribution in [0.15, 0.2) is 72.9 Å². The van der Waals surface area contributed by atoms with Gasteiger partial charge in [-0.05, 0) is 42.5 Å². The maximum atomic E-state index is 8.73. The molecule has 0 spiro atoms. The second kappa shape index (κ2) is 6.42. The van der Waals surface area contributed by atoms with Crippen LogP contribution in [0.4, 0.5) is 0 Å². The molecule has 0 radical (unpaired) electrons. The molecular weight excluding hydrogens is 276 g/mol. The summed E-state index contributed by atoms with van der Waals surface area (Å²) in [5.74, 6) is 2.60. The third kappa shape index (κ3) is 3.41. The van der Waals surface area contributed by atoms with Gasteiger partial charge in [-0.1, -0.05) is 18.2 Å². The molecule has 0 saturated heterocycles. The molecule has 4 nitrogen and oxygen atoms in total. The van der Waals surface area contributed by atoms with E-state index in [0.29, 0.717) is 17.2 Å². The van der Waals surface area contributed by atoms with Crippen molar-refractivity contribution in [2.45, 2.75) is 0 Å². The van der Waals surface area contributed by atoms with Crippen molar-refractivity contribution in [3.8, 4) is 29.2 Å². The maximum absolute atomic E-state index is 8.73. The predicted octanol–water partition coefficient (Wildman–Crippen LogP) is 4.54. The normalized spacial score (nSPS) is 9.77. The van der Waals surface area contributed by atoms with Gasteiger partial charge in [0.05, 0.1) is 5.56 Å². The number of nitrogens with zero attached hydrogens (tertiary/aromatic N) is 2. The van der Waals surface area contributed by atoms with Gasteiger partial charge in [-0.25, -0.2) is 4.98 Å². The molecule has 22 heavy (non-hydrogen) atoms. The van der Waals surface area contributed by atoms with Gasteiger partial charge >= 0.3 is 0 Å². The van der Waals surface area contributed by atoms with Gasteiger partial charge in [0.1, 0.15) is 23.3 Å². The Balaban J connectivity index is 1.67. The lowest BCUT2D eigenvalue weighted by atomic mass is 10.3. The number of hydrogen-bond acceptors (Lipinski definition) is 4. The van der Waals surface area contributed by atoms with E-state index in [2.05, 4.69) is 4.98 Å². The fourth-order valence-electron chi connectivity index (χ4n) is 1.83. The maximum Gasteiger partial charge on any atom is 0.219 e. The monoisotopic (exact) mass is 288 g/mol. The van der Waals surface area contributed by atoms with Crippen LogP contribution in [0, 0.1) is 11.3 Å². The Morgan fingerprint density at radius 3 is 1.95 bits per heavy atom. The summed E-state index contributed by atoms with van der Waals surface area (Å²) in [7, 11) is 0. The Morgan fingerprint density at radius 2 is 1.36 bits per heavy atom. The lowest BCUT2D eigenvalue weighted by Crippen LogP contribution is -1.89. The van der Waals surface area contributed by atoms with Crippen molar-refractivity contribution in [3.05, 3.63) is 78.5 Å². The van der Waals surface area contributed by atoms with E-state index in [1.807, 2.05) is 48.5 Å². The second-order valence-electron chi connectivity index (χ2n) is 4.49. The summed E-state index contributed by atoms with van der Waals surface area (Å²) < 4.78 is 11.3. The SMILES string of the molecule is N#Cc1ccc(Oc2ccc(Oc3ccccc3)cc2)nc1. The topological polar surface area (TPSA) is 55.1 Å². The number of para-hydroxylation sites is 1. The number of ether oxygens (including phenoxy) is 2. The standard InChI is InChI=1S/C18H12N2O2/c19-12-14-6-11-18(20-13-14)22-17-9-7-16(8-10-17)21-15-4-2-1-3-5-15/h1-11,13H. The molecule has 3 rings (SSSR count). The van der Waals surface area contributed by atoms with Gasteiger partial charge in [0, 0.05) is 12.3 Å². The second-order valence-corrected chi connectivity index (χ2v) is 4.49. The molecule has 0 bridgehead atoms. The molecule has 1 aromatic heterocycles. The van der Waals surface area contributed by atoms with Crippen LogP contribution < -0.4 is 9.47 Å². The highest BCUT2D eigenvalue weighted by atomic mass is 16.5. The van der Waals surface area contributed by atoms with Gasteiger partial charge in [-0.2, -0.15) is 5.26 Å². The summed E-state index contributed by atoms with van der Waals surface area (Å²) >= 11 is 0. The molecule has 2 aromatic carbocycles. The Hall–Kier alpha value is -3.32. The van der Waals surface area contributed by atoms with Crippen LogP contribution in [0.2, 0.25) is 0 Å². The van der Waals surface area contributed by atoms with E-state index in [-0.39, 0.29) is 0 Å². The van der Waals surface area contributed by atoms with E-state index in [9.17, 15) is 0 Å². The fourth-order valence-corrected chi connectivity index (χ4v) is 1.83. The zero-order valence-corrected chi connectivity index (χ0v) is 11.6. The van der Waals surface area contributed by atoms with Crippen molar-refractivity contribution in [1.82, 2.24) is 4.98 Å². The van der Waals surface area contributed by atoms with E-state index in [1.165, 1.54) is 6.20 Å². The number of nitriles is 1. The molecule has 0 aliphatic carbocycles. The molecule has 0 aliphatic rings. The first-order valence-corrected chi connectivity index (χ1v) is 6.70. The summed E-state index contributed by atoms with van der Waals surface area (Å²) in [6.07, 6.45) is 1.47. The van der Waals surface area contributed by atoms with E-state index in [1.54, 1.807) is 24.3 Å². The van der Waals surface area contributed by atoms with Crippen molar-refractivity contribution in [1.29, 1.82) is 5.26 Å². The zero-order valence-electron chi connectivity index (χ0n) is 11.6. The van der Waals surface area contributed by atoms with Crippen molar-refractivity contribution in [3.63, 3.8) is 0 Å². The van der Waals surface area contributed by atoms with E-state index in [4.69, 9.17) is 14.7 Å². The van der Waals surface area contributed by atoms with Crippen LogP contribution in [-0.2, 0) is 0 Å². The molecule has 1 heterocycles. The lowest BCUT2D eigenvalue weighted by molar-refractivity contribution is 0.456. The Bertz CT molecular complexity index is 776. The smallest absolute Gasteiger partial charge is 0.219 e. The lowest BCUT2D eigenvalue weighted by Gasteiger charge is -2.07.